The first kappa shape index (κ1) is 18.2. The summed E-state index contributed by atoms with van der Waals surface area (Å²) >= 11 is 0. The smallest absolute Gasteiger partial charge is 0.316 e. The Balaban J connectivity index is 1.57. The minimum atomic E-state index is -0.751. The number of methoxy groups -OCH3 is 1. The molecule has 1 aliphatic heterocycles. The van der Waals surface area contributed by atoms with E-state index in [4.69, 9.17) is 4.74 Å². The van der Waals surface area contributed by atoms with E-state index in [-0.39, 0.29) is 17.7 Å². The number of nitrogens with one attached hydrogen (secondary N) is 1. The summed E-state index contributed by atoms with van der Waals surface area (Å²) < 4.78 is 19.0. The zero-order chi connectivity index (χ0) is 19.7. The van der Waals surface area contributed by atoms with Crippen LogP contribution in [0, 0.1) is 5.82 Å². The van der Waals surface area contributed by atoms with Crippen molar-refractivity contribution in [2.24, 2.45) is 0 Å². The lowest BCUT2D eigenvalue weighted by Crippen LogP contribution is -2.49. The van der Waals surface area contributed by atoms with Crippen molar-refractivity contribution in [1.82, 2.24) is 9.88 Å². The van der Waals surface area contributed by atoms with Gasteiger partial charge in [0.2, 0.25) is 0 Å². The lowest BCUT2D eigenvalue weighted by atomic mass is 9.72. The topological polar surface area (TPSA) is 62.4 Å². The molecule has 1 fully saturated rings. The molecule has 144 valence electrons. The molecule has 1 saturated heterocycles. The summed E-state index contributed by atoms with van der Waals surface area (Å²) in [7, 11) is 1.39. The molecular formula is C22H21FN2O3. The Labute approximate surface area is 162 Å². The van der Waals surface area contributed by atoms with Gasteiger partial charge in [-0.2, -0.15) is 0 Å². The van der Waals surface area contributed by atoms with Gasteiger partial charge in [0.15, 0.2) is 0 Å². The molecule has 0 spiro atoms. The minimum Gasteiger partial charge on any atom is -0.468 e. The lowest BCUT2D eigenvalue weighted by molar-refractivity contribution is -0.149. The van der Waals surface area contributed by atoms with Gasteiger partial charge >= 0.3 is 5.97 Å². The molecule has 4 rings (SSSR count). The molecule has 0 radical (unpaired) electrons. The summed E-state index contributed by atoms with van der Waals surface area (Å²) in [5, 5.41) is 0.399. The van der Waals surface area contributed by atoms with Crippen LogP contribution in [0.1, 0.15) is 28.9 Å². The van der Waals surface area contributed by atoms with Crippen LogP contribution in [0.15, 0.2) is 54.6 Å². The Morgan fingerprint density at radius 3 is 2.43 bits per heavy atom. The van der Waals surface area contributed by atoms with Crippen molar-refractivity contribution in [3.8, 4) is 0 Å². The normalized spacial score (nSPS) is 16.1. The van der Waals surface area contributed by atoms with Crippen molar-refractivity contribution in [3.63, 3.8) is 0 Å². The Bertz CT molecular complexity index is 1020. The second kappa shape index (κ2) is 7.11. The molecule has 2 aromatic carbocycles. The van der Waals surface area contributed by atoms with Gasteiger partial charge in [0.25, 0.3) is 5.91 Å². The third kappa shape index (κ3) is 2.95. The number of halogens is 1. The van der Waals surface area contributed by atoms with Crippen molar-refractivity contribution >= 4 is 22.8 Å². The van der Waals surface area contributed by atoms with Crippen LogP contribution < -0.4 is 0 Å². The molecule has 28 heavy (non-hydrogen) atoms. The lowest BCUT2D eigenvalue weighted by Gasteiger charge is -2.39. The SMILES string of the molecule is COC(=O)C1(c2ccccc2)CCN(C(=O)c2cc3c(F)cccc3[nH]2)CC1. The van der Waals surface area contributed by atoms with Crippen LogP contribution in [-0.4, -0.2) is 42.0 Å². The Kier molecular flexibility index (Phi) is 4.63. The molecular weight excluding hydrogens is 359 g/mol. The number of aromatic nitrogens is 1. The van der Waals surface area contributed by atoms with E-state index in [0.29, 0.717) is 42.5 Å². The fourth-order valence-electron chi connectivity index (χ4n) is 4.06. The number of amides is 1. The van der Waals surface area contributed by atoms with Gasteiger partial charge in [0.05, 0.1) is 12.5 Å². The van der Waals surface area contributed by atoms with Crippen molar-refractivity contribution in [2.45, 2.75) is 18.3 Å². The third-order valence-corrected chi connectivity index (χ3v) is 5.65. The van der Waals surface area contributed by atoms with Gasteiger partial charge in [0, 0.05) is 24.0 Å². The first-order valence-corrected chi connectivity index (χ1v) is 9.25. The number of esters is 1. The first-order valence-electron chi connectivity index (χ1n) is 9.25. The molecule has 3 aromatic rings. The monoisotopic (exact) mass is 380 g/mol. The summed E-state index contributed by atoms with van der Waals surface area (Å²) in [4.78, 5) is 30.2. The summed E-state index contributed by atoms with van der Waals surface area (Å²) in [6.07, 6.45) is 0.952. The van der Waals surface area contributed by atoms with Gasteiger partial charge < -0.3 is 14.6 Å². The largest absolute Gasteiger partial charge is 0.468 e. The van der Waals surface area contributed by atoms with Crippen LogP contribution in [0.3, 0.4) is 0 Å². The number of hydrogen-bond donors (Lipinski definition) is 1. The number of nitrogens with zero attached hydrogens (tertiary/aromatic N) is 1. The van der Waals surface area contributed by atoms with Crippen LogP contribution in [0.5, 0.6) is 0 Å². The highest BCUT2D eigenvalue weighted by Crippen LogP contribution is 2.37. The summed E-state index contributed by atoms with van der Waals surface area (Å²) in [5.74, 6) is -0.833. The van der Waals surface area contributed by atoms with E-state index in [0.717, 1.165) is 5.56 Å². The van der Waals surface area contributed by atoms with Crippen LogP contribution in [0.25, 0.3) is 10.9 Å². The van der Waals surface area contributed by atoms with E-state index < -0.39 is 5.41 Å². The number of H-pyrrole nitrogens is 1. The highest BCUT2D eigenvalue weighted by atomic mass is 19.1. The van der Waals surface area contributed by atoms with Gasteiger partial charge in [-0.15, -0.1) is 0 Å². The predicted molar refractivity (Wildman–Crippen MR) is 104 cm³/mol. The van der Waals surface area contributed by atoms with E-state index >= 15 is 0 Å². The van der Waals surface area contributed by atoms with Gasteiger partial charge in [-0.05, 0) is 36.6 Å². The van der Waals surface area contributed by atoms with E-state index in [1.165, 1.54) is 13.2 Å². The number of carbonyl (C=O) groups is 2. The molecule has 0 saturated carbocycles. The number of likely N-dealkylation sites (tertiary alicyclic amines) is 1. The molecule has 1 aromatic heterocycles. The average molecular weight is 380 g/mol. The molecule has 1 N–H and O–H groups in total. The highest BCUT2D eigenvalue weighted by molar-refractivity contribution is 5.98. The van der Waals surface area contributed by atoms with E-state index in [2.05, 4.69) is 4.98 Å². The maximum absolute atomic E-state index is 13.9. The second-order valence-corrected chi connectivity index (χ2v) is 7.12. The maximum Gasteiger partial charge on any atom is 0.316 e. The van der Waals surface area contributed by atoms with Crippen LogP contribution in [0.4, 0.5) is 4.39 Å². The van der Waals surface area contributed by atoms with Crippen molar-refractivity contribution in [1.29, 1.82) is 0 Å². The second-order valence-electron chi connectivity index (χ2n) is 7.12. The summed E-state index contributed by atoms with van der Waals surface area (Å²) in [6, 6.07) is 15.8. The number of aromatic amines is 1. The van der Waals surface area contributed by atoms with Gasteiger partial charge in [-0.25, -0.2) is 4.39 Å². The Morgan fingerprint density at radius 1 is 1.07 bits per heavy atom. The summed E-state index contributed by atoms with van der Waals surface area (Å²) in [5.41, 5.74) is 1.10. The molecule has 6 heteroatoms. The highest BCUT2D eigenvalue weighted by Gasteiger charge is 2.44. The fourth-order valence-corrected chi connectivity index (χ4v) is 4.06. The van der Waals surface area contributed by atoms with Crippen molar-refractivity contribution in [3.05, 3.63) is 71.7 Å². The number of benzene rings is 2. The number of ether oxygens (including phenoxy) is 1. The summed E-state index contributed by atoms with van der Waals surface area (Å²) in [6.45, 7) is 0.835. The fraction of sp³-hybridized carbons (Fsp3) is 0.273. The quantitative estimate of drug-likeness (QED) is 0.706. The maximum atomic E-state index is 13.9. The van der Waals surface area contributed by atoms with Crippen LogP contribution in [0.2, 0.25) is 0 Å². The standard InChI is InChI=1S/C22H21FN2O3/c1-28-21(27)22(15-6-3-2-4-7-15)10-12-25(13-11-22)20(26)19-14-16-17(23)8-5-9-18(16)24-19/h2-9,14,24H,10-13H2,1H3. The van der Waals surface area contributed by atoms with Gasteiger partial charge in [0.1, 0.15) is 11.5 Å². The molecule has 5 nitrogen and oxygen atoms in total. The van der Waals surface area contributed by atoms with Gasteiger partial charge in [-0.1, -0.05) is 36.4 Å². The number of rotatable bonds is 3. The molecule has 0 bridgehead atoms. The van der Waals surface area contributed by atoms with Crippen molar-refractivity contribution in [2.75, 3.05) is 20.2 Å². The third-order valence-electron chi connectivity index (χ3n) is 5.65. The van der Waals surface area contributed by atoms with E-state index in [9.17, 15) is 14.0 Å². The van der Waals surface area contributed by atoms with E-state index in [1.807, 2.05) is 30.3 Å². The zero-order valence-corrected chi connectivity index (χ0v) is 15.6. The van der Waals surface area contributed by atoms with Crippen LogP contribution >= 0.6 is 0 Å². The van der Waals surface area contributed by atoms with Crippen LogP contribution in [-0.2, 0) is 14.9 Å². The minimum absolute atomic E-state index is 0.192. The first-order chi connectivity index (χ1) is 13.5. The number of carbonyl (C=O) groups excluding carboxylic acids is 2. The molecule has 1 amide bonds. The Morgan fingerprint density at radius 2 is 1.79 bits per heavy atom. The molecule has 1 aliphatic rings. The number of fused-ring (bicyclic) bond motifs is 1. The van der Waals surface area contributed by atoms with Gasteiger partial charge in [-0.3, -0.25) is 9.59 Å². The number of hydrogen-bond acceptors (Lipinski definition) is 3. The van der Waals surface area contributed by atoms with E-state index in [1.54, 1.807) is 23.1 Å². The number of piperidine rings is 1. The van der Waals surface area contributed by atoms with Crippen molar-refractivity contribution < 1.29 is 18.7 Å². The molecule has 2 heterocycles. The molecule has 0 atom stereocenters. The Hall–Kier alpha value is -3.15. The molecule has 0 aliphatic carbocycles. The molecule has 0 unspecified atom stereocenters. The predicted octanol–water partition coefficient (Wildman–Crippen LogP) is 3.65. The average Bonchev–Trinajstić information content (AvgIpc) is 3.19. The zero-order valence-electron chi connectivity index (χ0n) is 15.6.